The third kappa shape index (κ3) is 3.41. The highest BCUT2D eigenvalue weighted by molar-refractivity contribution is 5.85. The highest BCUT2D eigenvalue weighted by Crippen LogP contribution is 2.51. The molecule has 1 N–H and O–H groups in total. The monoisotopic (exact) mass is 470 g/mol. The van der Waals surface area contributed by atoms with E-state index < -0.39 is 6.10 Å². The number of ether oxygens (including phenoxy) is 3. The SMILES string of the molecule is COc1ccc([C@H]2C3=C(Nc4ncnn42)c2cc(C)ccc2O[C@@H]3c2cccc(F)c2)cc1OC. The molecule has 2 aliphatic heterocycles. The van der Waals surface area contributed by atoms with Gasteiger partial charge in [-0.15, -0.1) is 0 Å². The molecule has 7 nitrogen and oxygen atoms in total. The largest absolute Gasteiger partial charge is 0.493 e. The molecule has 0 bridgehead atoms. The standard InChI is InChI=1S/C27H23FN4O3/c1-15-7-9-20-19(11-15)24-23(26(35-20)17-5-4-6-18(28)12-17)25(32-27(31-24)29-14-30-32)16-8-10-21(33-2)22(13-16)34-3/h4-14,25-26H,1-3H3,(H,29,30,31)/t25-,26+/m0/s1. The number of nitrogens with one attached hydrogen (secondary N) is 1. The lowest BCUT2D eigenvalue weighted by molar-refractivity contribution is 0.222. The van der Waals surface area contributed by atoms with Gasteiger partial charge < -0.3 is 19.5 Å². The molecule has 6 rings (SSSR count). The summed E-state index contributed by atoms with van der Waals surface area (Å²) >= 11 is 0. The van der Waals surface area contributed by atoms with E-state index in [4.69, 9.17) is 14.2 Å². The first-order chi connectivity index (χ1) is 17.1. The Hall–Kier alpha value is -4.33. The third-order valence-corrected chi connectivity index (χ3v) is 6.44. The van der Waals surface area contributed by atoms with E-state index in [2.05, 4.69) is 21.5 Å². The zero-order valence-corrected chi connectivity index (χ0v) is 19.4. The zero-order chi connectivity index (χ0) is 24.1. The lowest BCUT2D eigenvalue weighted by Crippen LogP contribution is -2.32. The van der Waals surface area contributed by atoms with Crippen LogP contribution in [0.1, 0.15) is 34.4 Å². The Balaban J connectivity index is 1.63. The van der Waals surface area contributed by atoms with Crippen LogP contribution in [0.2, 0.25) is 0 Å². The molecular formula is C27H23FN4O3. The Labute approximate surface area is 201 Å². The van der Waals surface area contributed by atoms with Crippen molar-refractivity contribution in [1.82, 2.24) is 14.8 Å². The van der Waals surface area contributed by atoms with Gasteiger partial charge in [-0.3, -0.25) is 0 Å². The van der Waals surface area contributed by atoms with Crippen molar-refractivity contribution in [2.45, 2.75) is 19.1 Å². The molecule has 2 aliphatic rings. The summed E-state index contributed by atoms with van der Waals surface area (Å²) in [5, 5.41) is 8.00. The van der Waals surface area contributed by atoms with E-state index in [1.807, 2.05) is 48.0 Å². The molecule has 0 aliphatic carbocycles. The number of aryl methyl sites for hydroxylation is 1. The van der Waals surface area contributed by atoms with Crippen molar-refractivity contribution in [3.05, 3.63) is 101 Å². The molecule has 35 heavy (non-hydrogen) atoms. The Bertz CT molecular complexity index is 1480. The first-order valence-corrected chi connectivity index (χ1v) is 11.2. The molecule has 3 aromatic carbocycles. The Kier molecular flexibility index (Phi) is 4.95. The van der Waals surface area contributed by atoms with E-state index in [9.17, 15) is 4.39 Å². The van der Waals surface area contributed by atoms with Crippen LogP contribution in [-0.4, -0.2) is 29.0 Å². The average molecular weight is 471 g/mol. The van der Waals surface area contributed by atoms with Gasteiger partial charge in [-0.2, -0.15) is 10.1 Å². The van der Waals surface area contributed by atoms with Gasteiger partial charge in [0.05, 0.1) is 19.9 Å². The normalized spacial score (nSPS) is 18.1. The van der Waals surface area contributed by atoms with Crippen molar-refractivity contribution in [3.8, 4) is 17.2 Å². The predicted molar refractivity (Wildman–Crippen MR) is 129 cm³/mol. The van der Waals surface area contributed by atoms with E-state index >= 15 is 0 Å². The Morgan fingerprint density at radius 3 is 2.63 bits per heavy atom. The van der Waals surface area contributed by atoms with Gasteiger partial charge >= 0.3 is 0 Å². The summed E-state index contributed by atoms with van der Waals surface area (Å²) in [4.78, 5) is 4.46. The number of anilines is 1. The molecule has 1 aromatic heterocycles. The van der Waals surface area contributed by atoms with Gasteiger partial charge in [-0.25, -0.2) is 9.07 Å². The highest BCUT2D eigenvalue weighted by atomic mass is 19.1. The number of rotatable bonds is 4. The molecule has 0 amide bonds. The van der Waals surface area contributed by atoms with E-state index in [0.717, 1.165) is 33.7 Å². The molecule has 0 saturated carbocycles. The summed E-state index contributed by atoms with van der Waals surface area (Å²) < 4.78 is 33.8. The maximum Gasteiger partial charge on any atom is 0.226 e. The average Bonchev–Trinajstić information content (AvgIpc) is 3.35. The Morgan fingerprint density at radius 2 is 1.83 bits per heavy atom. The van der Waals surface area contributed by atoms with Crippen molar-refractivity contribution >= 4 is 11.6 Å². The lowest BCUT2D eigenvalue weighted by Gasteiger charge is -2.39. The molecular weight excluding hydrogens is 447 g/mol. The minimum atomic E-state index is -0.557. The van der Waals surface area contributed by atoms with Crippen LogP contribution in [0.25, 0.3) is 5.70 Å². The fourth-order valence-corrected chi connectivity index (χ4v) is 4.87. The molecule has 4 aromatic rings. The minimum absolute atomic E-state index is 0.323. The third-order valence-electron chi connectivity index (χ3n) is 6.44. The lowest BCUT2D eigenvalue weighted by atomic mass is 9.84. The van der Waals surface area contributed by atoms with Crippen LogP contribution < -0.4 is 19.5 Å². The van der Waals surface area contributed by atoms with Crippen molar-refractivity contribution in [3.63, 3.8) is 0 Å². The topological polar surface area (TPSA) is 70.4 Å². The molecule has 2 atom stereocenters. The molecule has 0 spiro atoms. The first kappa shape index (κ1) is 21.2. The number of halogens is 1. The van der Waals surface area contributed by atoms with E-state index in [0.29, 0.717) is 23.0 Å². The smallest absolute Gasteiger partial charge is 0.226 e. The molecule has 0 fully saturated rings. The van der Waals surface area contributed by atoms with Gasteiger partial charge in [0.2, 0.25) is 5.95 Å². The van der Waals surface area contributed by atoms with Crippen LogP contribution in [0, 0.1) is 12.7 Å². The second kappa shape index (κ2) is 8.16. The molecule has 3 heterocycles. The van der Waals surface area contributed by atoms with Gasteiger partial charge in [0.1, 0.15) is 30.0 Å². The van der Waals surface area contributed by atoms with Crippen molar-refractivity contribution in [1.29, 1.82) is 0 Å². The molecule has 0 unspecified atom stereocenters. The van der Waals surface area contributed by atoms with Crippen LogP contribution >= 0.6 is 0 Å². The first-order valence-electron chi connectivity index (χ1n) is 11.2. The van der Waals surface area contributed by atoms with Crippen LogP contribution in [0.4, 0.5) is 10.3 Å². The summed E-state index contributed by atoms with van der Waals surface area (Å²) in [7, 11) is 3.21. The van der Waals surface area contributed by atoms with Crippen molar-refractivity contribution in [2.75, 3.05) is 19.5 Å². The second-order valence-electron chi connectivity index (χ2n) is 8.55. The maximum absolute atomic E-state index is 14.3. The van der Waals surface area contributed by atoms with Crippen LogP contribution in [0.3, 0.4) is 0 Å². The van der Waals surface area contributed by atoms with E-state index in [1.165, 1.54) is 18.5 Å². The van der Waals surface area contributed by atoms with Gasteiger partial charge in [-0.1, -0.05) is 29.8 Å². The summed E-state index contributed by atoms with van der Waals surface area (Å²) in [5.41, 5.74) is 5.42. The summed E-state index contributed by atoms with van der Waals surface area (Å²) in [6, 6.07) is 17.9. The maximum atomic E-state index is 14.3. The second-order valence-corrected chi connectivity index (χ2v) is 8.55. The van der Waals surface area contributed by atoms with E-state index in [-0.39, 0.29) is 11.9 Å². The molecule has 0 radical (unpaired) electrons. The van der Waals surface area contributed by atoms with Gasteiger partial charge in [0.25, 0.3) is 0 Å². The number of fused-ring (bicyclic) bond motifs is 3. The highest BCUT2D eigenvalue weighted by Gasteiger charge is 2.41. The minimum Gasteiger partial charge on any atom is -0.493 e. The van der Waals surface area contributed by atoms with Crippen LogP contribution in [0.5, 0.6) is 17.2 Å². The fourth-order valence-electron chi connectivity index (χ4n) is 4.87. The summed E-state index contributed by atoms with van der Waals surface area (Å²) in [6.07, 6.45) is 0.961. The molecule has 0 saturated heterocycles. The van der Waals surface area contributed by atoms with Gasteiger partial charge in [0, 0.05) is 11.1 Å². The van der Waals surface area contributed by atoms with E-state index in [1.54, 1.807) is 20.3 Å². The fraction of sp³-hybridized carbons (Fsp3) is 0.185. The quantitative estimate of drug-likeness (QED) is 0.436. The molecule has 8 heteroatoms. The number of nitrogens with zero attached hydrogens (tertiary/aromatic N) is 3. The van der Waals surface area contributed by atoms with Crippen molar-refractivity contribution < 1.29 is 18.6 Å². The summed E-state index contributed by atoms with van der Waals surface area (Å²) in [6.45, 7) is 2.04. The van der Waals surface area contributed by atoms with Crippen LogP contribution in [-0.2, 0) is 0 Å². The number of methoxy groups -OCH3 is 2. The Morgan fingerprint density at radius 1 is 0.971 bits per heavy atom. The molecule has 176 valence electrons. The number of hydrogen-bond donors (Lipinski definition) is 1. The summed E-state index contributed by atoms with van der Waals surface area (Å²) in [5.74, 6) is 2.23. The zero-order valence-electron chi connectivity index (χ0n) is 19.4. The van der Waals surface area contributed by atoms with Gasteiger partial charge in [-0.05, 0) is 54.4 Å². The van der Waals surface area contributed by atoms with Crippen molar-refractivity contribution in [2.24, 2.45) is 0 Å². The predicted octanol–water partition coefficient (Wildman–Crippen LogP) is 5.30. The number of hydrogen-bond acceptors (Lipinski definition) is 6. The number of aromatic nitrogens is 3. The van der Waals surface area contributed by atoms with Gasteiger partial charge in [0.15, 0.2) is 11.5 Å². The number of benzene rings is 3. The van der Waals surface area contributed by atoms with Crippen LogP contribution in [0.15, 0.2) is 72.6 Å².